The zero-order chi connectivity index (χ0) is 37.5. The molecule has 51 heavy (non-hydrogen) atoms. The van der Waals surface area contributed by atoms with Gasteiger partial charge in [0, 0.05) is 12.5 Å². The Bertz CT molecular complexity index is 1620. The van der Waals surface area contributed by atoms with Gasteiger partial charge < -0.3 is 35.3 Å². The fourth-order valence-electron chi connectivity index (χ4n) is 5.30. The monoisotopic (exact) mass is 715 g/mol. The molecule has 1 saturated heterocycles. The summed E-state index contributed by atoms with van der Waals surface area (Å²) in [5.74, 6) is -4.25. The molecule has 1 aromatic heterocycles. The maximum atomic E-state index is 15.3. The van der Waals surface area contributed by atoms with E-state index in [2.05, 4.69) is 15.6 Å². The topological polar surface area (TPSA) is 154 Å². The standard InChI is InChI=1S/C36H44F3N5O7/c1-35(2,3)50-33(46)43-30(29(21-7-11-23(37)12-8-21)22-9-13-24(38)14-10-22)32(45)42-28-17-41-16-27(39)31(28)49-20-26-18-44(25(15-40)19-48-26)34(47)51-36(4,5)6/h7-14,16-17,25-26,29-30H,15,18-20,40H2,1-6H3,(H,42,45)(H,43,46)/t25-,26+,30+/m1/s1. The van der Waals surface area contributed by atoms with Crippen LogP contribution in [0.3, 0.4) is 0 Å². The third-order valence-electron chi connectivity index (χ3n) is 7.54. The summed E-state index contributed by atoms with van der Waals surface area (Å²) in [6.07, 6.45) is -0.217. The summed E-state index contributed by atoms with van der Waals surface area (Å²) in [4.78, 5) is 45.5. The van der Waals surface area contributed by atoms with Gasteiger partial charge in [-0.1, -0.05) is 24.3 Å². The quantitative estimate of drug-likeness (QED) is 0.247. The van der Waals surface area contributed by atoms with Crippen molar-refractivity contribution in [3.05, 3.63) is 89.5 Å². The van der Waals surface area contributed by atoms with Crippen LogP contribution in [0, 0.1) is 17.5 Å². The lowest BCUT2D eigenvalue weighted by atomic mass is 9.84. The summed E-state index contributed by atoms with van der Waals surface area (Å²) in [5.41, 5.74) is 4.77. The van der Waals surface area contributed by atoms with Crippen LogP contribution in [0.5, 0.6) is 5.75 Å². The molecule has 0 spiro atoms. The van der Waals surface area contributed by atoms with E-state index in [9.17, 15) is 23.2 Å². The summed E-state index contributed by atoms with van der Waals surface area (Å²) in [6, 6.07) is 8.53. The van der Waals surface area contributed by atoms with Crippen molar-refractivity contribution in [1.82, 2.24) is 15.2 Å². The molecule has 4 rings (SSSR count). The number of alkyl carbamates (subject to hydrolysis) is 1. The molecule has 2 aromatic carbocycles. The number of nitrogens with two attached hydrogens (primary N) is 1. The van der Waals surface area contributed by atoms with Gasteiger partial charge in [0.15, 0.2) is 11.6 Å². The number of amides is 3. The predicted octanol–water partition coefficient (Wildman–Crippen LogP) is 5.50. The molecule has 4 N–H and O–H groups in total. The van der Waals surface area contributed by atoms with E-state index >= 15 is 4.39 Å². The molecule has 0 unspecified atom stereocenters. The molecule has 276 valence electrons. The number of carbonyl (C=O) groups excluding carboxylic acids is 3. The minimum atomic E-state index is -1.47. The van der Waals surface area contributed by atoms with Gasteiger partial charge in [-0.25, -0.2) is 22.8 Å². The highest BCUT2D eigenvalue weighted by molar-refractivity contribution is 5.98. The fourth-order valence-corrected chi connectivity index (χ4v) is 5.30. The number of carbonyl (C=O) groups is 3. The molecule has 3 atom stereocenters. The number of nitrogens with one attached hydrogen (secondary N) is 2. The van der Waals surface area contributed by atoms with E-state index in [0.717, 1.165) is 12.4 Å². The van der Waals surface area contributed by atoms with Crippen LogP contribution < -0.4 is 21.1 Å². The molecule has 3 aromatic rings. The summed E-state index contributed by atoms with van der Waals surface area (Å²) in [6.45, 7) is 10.1. The van der Waals surface area contributed by atoms with Gasteiger partial charge in [-0.05, 0) is 76.9 Å². The average molecular weight is 716 g/mol. The van der Waals surface area contributed by atoms with Crippen molar-refractivity contribution in [2.75, 3.05) is 31.6 Å². The van der Waals surface area contributed by atoms with Crippen LogP contribution in [0.15, 0.2) is 60.9 Å². The van der Waals surface area contributed by atoms with Crippen molar-refractivity contribution >= 4 is 23.8 Å². The molecular weight excluding hydrogens is 671 g/mol. The number of hydrogen-bond acceptors (Lipinski definition) is 9. The molecule has 0 radical (unpaired) electrons. The Morgan fingerprint density at radius 1 is 0.922 bits per heavy atom. The molecule has 1 aliphatic rings. The Hall–Kier alpha value is -4.89. The van der Waals surface area contributed by atoms with Crippen LogP contribution >= 0.6 is 0 Å². The van der Waals surface area contributed by atoms with E-state index in [0.29, 0.717) is 11.1 Å². The van der Waals surface area contributed by atoms with Gasteiger partial charge in [0.1, 0.15) is 47.3 Å². The zero-order valence-corrected chi connectivity index (χ0v) is 29.4. The van der Waals surface area contributed by atoms with Crippen molar-refractivity contribution in [3.63, 3.8) is 0 Å². The largest absolute Gasteiger partial charge is 0.485 e. The first kappa shape index (κ1) is 38.9. The summed E-state index contributed by atoms with van der Waals surface area (Å²) in [5, 5.41) is 5.18. The lowest BCUT2D eigenvalue weighted by Crippen LogP contribution is -2.57. The maximum absolute atomic E-state index is 15.3. The first-order valence-electron chi connectivity index (χ1n) is 16.3. The molecule has 12 nitrogen and oxygen atoms in total. The lowest BCUT2D eigenvalue weighted by Gasteiger charge is -2.39. The highest BCUT2D eigenvalue weighted by Crippen LogP contribution is 2.32. The van der Waals surface area contributed by atoms with Gasteiger partial charge in [0.25, 0.3) is 0 Å². The molecule has 3 amide bonds. The summed E-state index contributed by atoms with van der Waals surface area (Å²) < 4.78 is 65.9. The third kappa shape index (κ3) is 11.0. The second-order valence-electron chi connectivity index (χ2n) is 14.0. The number of halogens is 3. The summed E-state index contributed by atoms with van der Waals surface area (Å²) >= 11 is 0. The van der Waals surface area contributed by atoms with Gasteiger partial charge in [-0.3, -0.25) is 14.7 Å². The molecule has 0 bridgehead atoms. The van der Waals surface area contributed by atoms with Crippen molar-refractivity contribution in [2.24, 2.45) is 5.73 Å². The second kappa shape index (κ2) is 16.4. The average Bonchev–Trinajstić information content (AvgIpc) is 3.04. The van der Waals surface area contributed by atoms with Crippen LogP contribution in [0.1, 0.15) is 58.6 Å². The van der Waals surface area contributed by atoms with Crippen molar-refractivity contribution in [3.8, 4) is 5.75 Å². The zero-order valence-electron chi connectivity index (χ0n) is 29.4. The number of ether oxygens (including phenoxy) is 4. The van der Waals surface area contributed by atoms with E-state index in [-0.39, 0.29) is 37.7 Å². The van der Waals surface area contributed by atoms with Crippen LogP contribution in [0.25, 0.3) is 0 Å². The first-order valence-corrected chi connectivity index (χ1v) is 16.3. The Morgan fingerprint density at radius 2 is 1.49 bits per heavy atom. The van der Waals surface area contributed by atoms with Crippen LogP contribution in [0.2, 0.25) is 0 Å². The number of morpholine rings is 1. The van der Waals surface area contributed by atoms with Crippen LogP contribution in [0.4, 0.5) is 28.4 Å². The fraction of sp³-hybridized carbons (Fsp3) is 0.444. The minimum Gasteiger partial charge on any atom is -0.485 e. The van der Waals surface area contributed by atoms with Gasteiger partial charge in [-0.15, -0.1) is 0 Å². The highest BCUT2D eigenvalue weighted by atomic mass is 19.1. The molecule has 0 aliphatic carbocycles. The van der Waals surface area contributed by atoms with E-state index in [4.69, 9.17) is 24.7 Å². The van der Waals surface area contributed by atoms with Crippen molar-refractivity contribution in [2.45, 2.75) is 76.9 Å². The smallest absolute Gasteiger partial charge is 0.410 e. The first-order chi connectivity index (χ1) is 23.9. The van der Waals surface area contributed by atoms with Crippen LogP contribution in [-0.4, -0.2) is 83.7 Å². The van der Waals surface area contributed by atoms with E-state index < -0.39 is 70.9 Å². The SMILES string of the molecule is CC(C)(C)OC(=O)N[C@H](C(=O)Nc1cncc(F)c1OC[C@@H]1CN(C(=O)OC(C)(C)C)[C@H](CN)CO1)C(c1ccc(F)cc1)c1ccc(F)cc1. The van der Waals surface area contributed by atoms with Crippen molar-refractivity contribution < 1.29 is 46.5 Å². The minimum absolute atomic E-state index is 0.0318. The Kier molecular flexibility index (Phi) is 12.5. The number of anilines is 1. The Morgan fingerprint density at radius 3 is 2.02 bits per heavy atom. The normalized spacial score (nSPS) is 17.0. The molecule has 15 heteroatoms. The van der Waals surface area contributed by atoms with Gasteiger partial charge >= 0.3 is 12.2 Å². The van der Waals surface area contributed by atoms with E-state index in [1.54, 1.807) is 41.5 Å². The number of pyridine rings is 1. The molecular formula is C36H44F3N5O7. The van der Waals surface area contributed by atoms with Crippen LogP contribution in [-0.2, 0) is 19.0 Å². The second-order valence-corrected chi connectivity index (χ2v) is 14.0. The predicted molar refractivity (Wildman–Crippen MR) is 182 cm³/mol. The van der Waals surface area contributed by atoms with E-state index in [1.165, 1.54) is 53.4 Å². The van der Waals surface area contributed by atoms with Crippen molar-refractivity contribution in [1.29, 1.82) is 0 Å². The summed E-state index contributed by atoms with van der Waals surface area (Å²) in [7, 11) is 0. The highest BCUT2D eigenvalue weighted by Gasteiger charge is 2.37. The van der Waals surface area contributed by atoms with Gasteiger partial charge in [0.05, 0.1) is 31.6 Å². The lowest BCUT2D eigenvalue weighted by molar-refractivity contribution is -0.118. The Balaban J connectivity index is 1.63. The molecule has 1 aliphatic heterocycles. The third-order valence-corrected chi connectivity index (χ3v) is 7.54. The van der Waals surface area contributed by atoms with E-state index in [1.807, 2.05) is 0 Å². The number of rotatable bonds is 10. The van der Waals surface area contributed by atoms with Gasteiger partial charge in [0.2, 0.25) is 5.91 Å². The number of hydrogen-bond donors (Lipinski definition) is 3. The van der Waals surface area contributed by atoms with Gasteiger partial charge in [-0.2, -0.15) is 0 Å². The molecule has 0 saturated carbocycles. The molecule has 1 fully saturated rings. The molecule has 2 heterocycles. The Labute approximate surface area is 294 Å². The maximum Gasteiger partial charge on any atom is 0.410 e. The number of nitrogens with zero attached hydrogens (tertiary/aromatic N) is 2. The number of benzene rings is 2. The number of aromatic nitrogens is 1.